The van der Waals surface area contributed by atoms with Gasteiger partial charge in [0.1, 0.15) is 6.04 Å². The Balaban J connectivity index is 1.26. The molecule has 6 nitrogen and oxygen atoms in total. The number of piperidine rings is 1. The molecule has 1 aromatic heterocycles. The molecule has 5 rings (SSSR count). The smallest absolute Gasteiger partial charge is 0.238 e. The minimum atomic E-state index is -0.518. The highest BCUT2D eigenvalue weighted by atomic mass is 16.2. The fraction of sp³-hybridized carbons (Fsp3) is 0.375. The summed E-state index contributed by atoms with van der Waals surface area (Å²) in [4.78, 5) is 12.6. The molecule has 0 radical (unpaired) electrons. The first-order valence-corrected chi connectivity index (χ1v) is 10.6. The SMILES string of the molecule is Cn1ncc2ccc(-c3ccc(C[C@@H](C#N)NC(=O)C4NC5CCC4C5)cc3)cc21. The Bertz CT molecular complexity index is 1130. The van der Waals surface area contributed by atoms with E-state index >= 15 is 0 Å². The second-order valence-electron chi connectivity index (χ2n) is 8.55. The van der Waals surface area contributed by atoms with Gasteiger partial charge < -0.3 is 10.6 Å². The summed E-state index contributed by atoms with van der Waals surface area (Å²) in [5.41, 5.74) is 4.38. The molecule has 2 N–H and O–H groups in total. The summed E-state index contributed by atoms with van der Waals surface area (Å²) < 4.78 is 1.87. The molecule has 152 valence electrons. The number of nitrogens with one attached hydrogen (secondary N) is 2. The number of carbonyl (C=O) groups excluding carboxylic acids is 1. The Labute approximate surface area is 175 Å². The summed E-state index contributed by atoms with van der Waals surface area (Å²) >= 11 is 0. The van der Waals surface area contributed by atoms with Crippen LogP contribution in [0.3, 0.4) is 0 Å². The lowest BCUT2D eigenvalue weighted by Crippen LogP contribution is -2.50. The summed E-state index contributed by atoms with van der Waals surface area (Å²) in [6.45, 7) is 0. The first-order chi connectivity index (χ1) is 14.6. The van der Waals surface area contributed by atoms with E-state index in [1.165, 1.54) is 0 Å². The van der Waals surface area contributed by atoms with Crippen molar-refractivity contribution in [1.29, 1.82) is 5.26 Å². The third kappa shape index (κ3) is 3.46. The van der Waals surface area contributed by atoms with Crippen molar-refractivity contribution in [3.8, 4) is 17.2 Å². The molecule has 1 saturated heterocycles. The molecule has 30 heavy (non-hydrogen) atoms. The molecule has 4 atom stereocenters. The Morgan fingerprint density at radius 1 is 1.27 bits per heavy atom. The highest BCUT2D eigenvalue weighted by Crippen LogP contribution is 2.35. The van der Waals surface area contributed by atoms with Gasteiger partial charge in [-0.2, -0.15) is 10.4 Å². The average molecular weight is 399 g/mol. The fourth-order valence-corrected chi connectivity index (χ4v) is 4.93. The highest BCUT2D eigenvalue weighted by Gasteiger charge is 2.43. The molecule has 1 aliphatic carbocycles. The molecule has 3 unspecified atom stereocenters. The Kier molecular flexibility index (Phi) is 4.76. The van der Waals surface area contributed by atoms with Crippen molar-refractivity contribution in [3.05, 3.63) is 54.2 Å². The van der Waals surface area contributed by atoms with Crippen LogP contribution < -0.4 is 10.6 Å². The summed E-state index contributed by atoms with van der Waals surface area (Å²) in [5.74, 6) is 0.389. The number of benzene rings is 2. The number of rotatable bonds is 5. The van der Waals surface area contributed by atoms with E-state index < -0.39 is 6.04 Å². The van der Waals surface area contributed by atoms with Gasteiger partial charge in [-0.15, -0.1) is 0 Å². The Hall–Kier alpha value is -3.17. The van der Waals surface area contributed by atoms with Crippen molar-refractivity contribution in [2.75, 3.05) is 0 Å². The number of fused-ring (bicyclic) bond motifs is 3. The average Bonchev–Trinajstić information content (AvgIpc) is 3.50. The molecule has 0 spiro atoms. The maximum atomic E-state index is 12.6. The van der Waals surface area contributed by atoms with E-state index in [0.717, 1.165) is 46.9 Å². The molecule has 2 fully saturated rings. The van der Waals surface area contributed by atoms with Gasteiger partial charge in [-0.3, -0.25) is 9.48 Å². The van der Waals surface area contributed by atoms with Gasteiger partial charge >= 0.3 is 0 Å². The normalized spacial score (nSPS) is 23.4. The first kappa shape index (κ1) is 18.8. The van der Waals surface area contributed by atoms with Crippen LogP contribution in [0.15, 0.2) is 48.7 Å². The van der Waals surface area contributed by atoms with Crippen molar-refractivity contribution in [2.24, 2.45) is 13.0 Å². The molecule has 2 heterocycles. The van der Waals surface area contributed by atoms with Gasteiger partial charge in [-0.25, -0.2) is 0 Å². The number of nitriles is 1. The van der Waals surface area contributed by atoms with Crippen LogP contribution in [0.25, 0.3) is 22.0 Å². The lowest BCUT2D eigenvalue weighted by atomic mass is 9.98. The van der Waals surface area contributed by atoms with Gasteiger partial charge in [-0.1, -0.05) is 36.4 Å². The second kappa shape index (κ2) is 7.58. The number of hydrogen-bond donors (Lipinski definition) is 2. The van der Waals surface area contributed by atoms with Crippen LogP contribution in [0.5, 0.6) is 0 Å². The third-order valence-electron chi connectivity index (χ3n) is 6.59. The van der Waals surface area contributed by atoms with Crippen LogP contribution in [0, 0.1) is 17.2 Å². The maximum absolute atomic E-state index is 12.6. The lowest BCUT2D eigenvalue weighted by molar-refractivity contribution is -0.124. The van der Waals surface area contributed by atoms with Crippen LogP contribution in [0.4, 0.5) is 0 Å². The van der Waals surface area contributed by atoms with E-state index in [4.69, 9.17) is 0 Å². The summed E-state index contributed by atoms with van der Waals surface area (Å²) in [6, 6.07) is 16.6. The van der Waals surface area contributed by atoms with E-state index in [9.17, 15) is 10.1 Å². The minimum absolute atomic E-state index is 0.0325. The van der Waals surface area contributed by atoms with Crippen LogP contribution in [-0.4, -0.2) is 33.8 Å². The zero-order chi connectivity index (χ0) is 20.7. The first-order valence-electron chi connectivity index (χ1n) is 10.6. The van der Waals surface area contributed by atoms with Crippen LogP contribution in [-0.2, 0) is 18.3 Å². The standard InChI is InChI=1S/C24H25N5O/c1-29-22-12-17(6-7-19(22)14-26-29)16-4-2-15(3-5-16)10-21(13-25)28-24(30)23-18-8-9-20(11-18)27-23/h2-7,12,14,18,20-21,23,27H,8-11H2,1H3,(H,28,30)/t18?,20?,21-,23?/m0/s1. The minimum Gasteiger partial charge on any atom is -0.339 e. The maximum Gasteiger partial charge on any atom is 0.238 e. The number of nitrogens with zero attached hydrogens (tertiary/aromatic N) is 3. The number of aromatic nitrogens is 2. The highest BCUT2D eigenvalue weighted by molar-refractivity contribution is 5.84. The second-order valence-corrected chi connectivity index (χ2v) is 8.55. The monoisotopic (exact) mass is 399 g/mol. The molecule has 2 aromatic carbocycles. The van der Waals surface area contributed by atoms with Crippen molar-refractivity contribution < 1.29 is 4.79 Å². The number of amides is 1. The number of hydrogen-bond acceptors (Lipinski definition) is 4. The molecule has 2 bridgehead atoms. The lowest BCUT2D eigenvalue weighted by Gasteiger charge is -2.23. The Morgan fingerprint density at radius 3 is 2.77 bits per heavy atom. The molecular weight excluding hydrogens is 374 g/mol. The van der Waals surface area contributed by atoms with Gasteiger partial charge in [0, 0.05) is 24.9 Å². The van der Waals surface area contributed by atoms with E-state index in [1.54, 1.807) is 0 Å². The predicted molar refractivity (Wildman–Crippen MR) is 115 cm³/mol. The van der Waals surface area contributed by atoms with E-state index in [1.807, 2.05) is 30.1 Å². The molecule has 1 saturated carbocycles. The molecule has 3 aromatic rings. The van der Waals surface area contributed by atoms with Gasteiger partial charge in [0.15, 0.2) is 0 Å². The third-order valence-corrected chi connectivity index (χ3v) is 6.59. The van der Waals surface area contributed by atoms with E-state index in [-0.39, 0.29) is 11.9 Å². The summed E-state index contributed by atoms with van der Waals surface area (Å²) in [5, 5.41) is 21.3. The summed E-state index contributed by atoms with van der Waals surface area (Å²) in [6.07, 6.45) is 5.73. The van der Waals surface area contributed by atoms with Crippen LogP contribution >= 0.6 is 0 Å². The van der Waals surface area contributed by atoms with Crippen LogP contribution in [0.1, 0.15) is 24.8 Å². The largest absolute Gasteiger partial charge is 0.339 e. The Morgan fingerprint density at radius 2 is 2.07 bits per heavy atom. The van der Waals surface area contributed by atoms with Crippen molar-refractivity contribution in [3.63, 3.8) is 0 Å². The molecule has 2 aliphatic rings. The molecule has 6 heteroatoms. The topological polar surface area (TPSA) is 82.7 Å². The zero-order valence-corrected chi connectivity index (χ0v) is 17.0. The van der Waals surface area contributed by atoms with Gasteiger partial charge in [0.05, 0.1) is 23.8 Å². The van der Waals surface area contributed by atoms with Gasteiger partial charge in [0.2, 0.25) is 5.91 Å². The quantitative estimate of drug-likeness (QED) is 0.691. The molecule has 1 amide bonds. The predicted octanol–water partition coefficient (Wildman–Crippen LogP) is 2.93. The van der Waals surface area contributed by atoms with Crippen LogP contribution in [0.2, 0.25) is 0 Å². The van der Waals surface area contributed by atoms with E-state index in [2.05, 4.69) is 52.1 Å². The van der Waals surface area contributed by atoms with Crippen molar-refractivity contribution in [1.82, 2.24) is 20.4 Å². The van der Waals surface area contributed by atoms with E-state index in [0.29, 0.717) is 18.4 Å². The number of carbonyl (C=O) groups is 1. The number of aryl methyl sites for hydroxylation is 1. The zero-order valence-electron chi connectivity index (χ0n) is 17.0. The molecule has 1 aliphatic heterocycles. The fourth-order valence-electron chi connectivity index (χ4n) is 4.93. The van der Waals surface area contributed by atoms with Crippen molar-refractivity contribution in [2.45, 2.75) is 43.8 Å². The van der Waals surface area contributed by atoms with Gasteiger partial charge in [0.25, 0.3) is 0 Å². The summed E-state index contributed by atoms with van der Waals surface area (Å²) in [7, 11) is 1.94. The molecular formula is C24H25N5O. The van der Waals surface area contributed by atoms with Gasteiger partial charge in [-0.05, 0) is 47.9 Å². The van der Waals surface area contributed by atoms with Crippen molar-refractivity contribution >= 4 is 16.8 Å².